The molecule has 2 atom stereocenters. The Balaban J connectivity index is 1.42. The molecule has 2 aromatic carbocycles. The van der Waals surface area contributed by atoms with E-state index >= 15 is 0 Å². The fourth-order valence-corrected chi connectivity index (χ4v) is 5.06. The molecule has 2 aliphatic carbocycles. The van der Waals surface area contributed by atoms with Gasteiger partial charge in [0.15, 0.2) is 5.78 Å². The number of aromatic nitrogens is 1. The van der Waals surface area contributed by atoms with Crippen LogP contribution in [0, 0.1) is 18.3 Å². The summed E-state index contributed by atoms with van der Waals surface area (Å²) in [7, 11) is 0. The van der Waals surface area contributed by atoms with Gasteiger partial charge in [-0.3, -0.25) is 9.59 Å². The maximum atomic E-state index is 13.3. The van der Waals surface area contributed by atoms with Gasteiger partial charge in [0.05, 0.1) is 0 Å². The van der Waals surface area contributed by atoms with E-state index in [1.165, 1.54) is 0 Å². The summed E-state index contributed by atoms with van der Waals surface area (Å²) in [6.07, 6.45) is 8.15. The number of aromatic amines is 1. The molecule has 1 amide bonds. The molecule has 1 spiro atoms. The molecule has 2 fully saturated rings. The molecule has 3 aliphatic rings. The van der Waals surface area contributed by atoms with Gasteiger partial charge >= 0.3 is 0 Å². The minimum Gasteiger partial charge on any atom is -0.351 e. The standard InChI is InChI=1S/C24H16N2O2/c1-2-14-7-8-19-15(9-14)10-20(25-19)23(28)26-13-16-12-24(16)18-6-4-3-5-17(18)21(27)11-22(24)26/h1,3-11,16,25H,12-13H2/t16-,24-/m1/s1. The lowest BCUT2D eigenvalue weighted by Crippen LogP contribution is -2.33. The van der Waals surface area contributed by atoms with Crippen LogP contribution >= 0.6 is 0 Å². The summed E-state index contributed by atoms with van der Waals surface area (Å²) in [5, 5.41) is 0.914. The predicted molar refractivity (Wildman–Crippen MR) is 106 cm³/mol. The highest BCUT2D eigenvalue weighted by Gasteiger charge is 2.67. The van der Waals surface area contributed by atoms with Crippen LogP contribution in [-0.4, -0.2) is 28.1 Å². The molecular weight excluding hydrogens is 348 g/mol. The van der Waals surface area contributed by atoms with E-state index in [0.29, 0.717) is 18.2 Å². The zero-order valence-electron chi connectivity index (χ0n) is 15.0. The Bertz CT molecular complexity index is 1290. The number of terminal acetylenes is 1. The summed E-state index contributed by atoms with van der Waals surface area (Å²) in [4.78, 5) is 31.0. The molecule has 2 heterocycles. The molecule has 3 aromatic rings. The van der Waals surface area contributed by atoms with E-state index in [4.69, 9.17) is 6.42 Å². The lowest BCUT2D eigenvalue weighted by molar-refractivity contribution is 0.0806. The minimum atomic E-state index is -0.164. The number of hydrogen-bond donors (Lipinski definition) is 1. The molecule has 1 aliphatic heterocycles. The molecule has 28 heavy (non-hydrogen) atoms. The van der Waals surface area contributed by atoms with Crippen molar-refractivity contribution >= 4 is 22.6 Å². The Labute approximate surface area is 161 Å². The van der Waals surface area contributed by atoms with Gasteiger partial charge in [0, 0.05) is 45.8 Å². The summed E-state index contributed by atoms with van der Waals surface area (Å²) in [6, 6.07) is 15.3. The number of carbonyl (C=O) groups is 2. The number of nitrogens with one attached hydrogen (secondary N) is 1. The number of fused-ring (bicyclic) bond motifs is 2. The van der Waals surface area contributed by atoms with E-state index < -0.39 is 0 Å². The van der Waals surface area contributed by atoms with Crippen molar-refractivity contribution in [2.45, 2.75) is 11.8 Å². The van der Waals surface area contributed by atoms with Crippen LogP contribution in [0.25, 0.3) is 10.9 Å². The van der Waals surface area contributed by atoms with Crippen LogP contribution in [0.2, 0.25) is 0 Å². The fraction of sp³-hybridized carbons (Fsp3) is 0.167. The number of hydrogen-bond acceptors (Lipinski definition) is 2. The van der Waals surface area contributed by atoms with Crippen molar-refractivity contribution in [1.29, 1.82) is 0 Å². The molecule has 1 saturated heterocycles. The van der Waals surface area contributed by atoms with Crippen molar-refractivity contribution in [2.75, 3.05) is 6.54 Å². The highest BCUT2D eigenvalue weighted by atomic mass is 16.2. The molecular formula is C24H16N2O2. The predicted octanol–water partition coefficient (Wildman–Crippen LogP) is 3.64. The molecule has 134 valence electrons. The van der Waals surface area contributed by atoms with E-state index in [2.05, 4.69) is 10.9 Å². The van der Waals surface area contributed by atoms with Crippen LogP contribution < -0.4 is 0 Å². The van der Waals surface area contributed by atoms with Crippen molar-refractivity contribution < 1.29 is 9.59 Å². The van der Waals surface area contributed by atoms with Crippen LogP contribution in [0.4, 0.5) is 0 Å². The number of nitrogens with zero attached hydrogens (tertiary/aromatic N) is 1. The Hall–Kier alpha value is -3.58. The number of carbonyl (C=O) groups excluding carboxylic acids is 2. The highest BCUT2D eigenvalue weighted by molar-refractivity contribution is 6.10. The van der Waals surface area contributed by atoms with Gasteiger partial charge in [-0.2, -0.15) is 0 Å². The topological polar surface area (TPSA) is 53.2 Å². The molecule has 1 N–H and O–H groups in total. The largest absolute Gasteiger partial charge is 0.351 e. The van der Waals surface area contributed by atoms with Crippen LogP contribution in [0.5, 0.6) is 0 Å². The highest BCUT2D eigenvalue weighted by Crippen LogP contribution is 2.66. The van der Waals surface area contributed by atoms with Crippen LogP contribution in [0.15, 0.2) is 60.3 Å². The molecule has 0 bridgehead atoms. The van der Waals surface area contributed by atoms with Gasteiger partial charge in [-0.05, 0) is 42.2 Å². The quantitative estimate of drug-likeness (QED) is 0.670. The first-order chi connectivity index (χ1) is 13.6. The first-order valence-electron chi connectivity index (χ1n) is 9.39. The smallest absolute Gasteiger partial charge is 0.274 e. The molecule has 6 rings (SSSR count). The Morgan fingerprint density at radius 2 is 2.07 bits per heavy atom. The van der Waals surface area contributed by atoms with E-state index in [-0.39, 0.29) is 17.1 Å². The first-order valence-corrected chi connectivity index (χ1v) is 9.39. The number of amides is 1. The third kappa shape index (κ3) is 1.81. The van der Waals surface area contributed by atoms with Crippen LogP contribution in [0.1, 0.15) is 38.4 Å². The van der Waals surface area contributed by atoms with E-state index in [0.717, 1.165) is 39.7 Å². The number of H-pyrrole nitrogens is 1. The Kier molecular flexibility index (Phi) is 2.78. The third-order valence-electron chi connectivity index (χ3n) is 6.46. The van der Waals surface area contributed by atoms with Gasteiger partial charge in [-0.1, -0.05) is 30.2 Å². The van der Waals surface area contributed by atoms with Gasteiger partial charge in [0.25, 0.3) is 5.91 Å². The number of likely N-dealkylation sites (tertiary alicyclic amines) is 1. The van der Waals surface area contributed by atoms with E-state index in [1.807, 2.05) is 48.5 Å². The second-order valence-corrected chi connectivity index (χ2v) is 7.86. The van der Waals surface area contributed by atoms with Gasteiger partial charge < -0.3 is 9.88 Å². The van der Waals surface area contributed by atoms with Gasteiger partial charge in [-0.15, -0.1) is 6.42 Å². The maximum Gasteiger partial charge on any atom is 0.274 e. The molecule has 4 nitrogen and oxygen atoms in total. The Morgan fingerprint density at radius 1 is 1.21 bits per heavy atom. The lowest BCUT2D eigenvalue weighted by Gasteiger charge is -2.29. The SMILES string of the molecule is C#Cc1ccc2[nH]c(C(=O)N3C[C@H]4C[C@@]45C3=CC(=O)c3ccccc35)cc2c1. The number of benzene rings is 2. The van der Waals surface area contributed by atoms with Crippen LogP contribution in [-0.2, 0) is 5.41 Å². The van der Waals surface area contributed by atoms with Gasteiger partial charge in [0.1, 0.15) is 5.69 Å². The zero-order valence-corrected chi connectivity index (χ0v) is 15.0. The molecule has 4 heteroatoms. The number of rotatable bonds is 1. The third-order valence-corrected chi connectivity index (χ3v) is 6.46. The van der Waals surface area contributed by atoms with Crippen molar-refractivity contribution in [3.63, 3.8) is 0 Å². The van der Waals surface area contributed by atoms with E-state index in [1.54, 1.807) is 11.0 Å². The zero-order chi connectivity index (χ0) is 19.0. The average molecular weight is 364 g/mol. The fourth-order valence-electron chi connectivity index (χ4n) is 5.06. The van der Waals surface area contributed by atoms with Crippen LogP contribution in [0.3, 0.4) is 0 Å². The number of allylic oxidation sites excluding steroid dienone is 2. The van der Waals surface area contributed by atoms with E-state index in [9.17, 15) is 9.59 Å². The summed E-state index contributed by atoms with van der Waals surface area (Å²) in [5.74, 6) is 2.89. The van der Waals surface area contributed by atoms with Gasteiger partial charge in [0.2, 0.25) is 0 Å². The average Bonchev–Trinajstić information content (AvgIpc) is 3.12. The maximum absolute atomic E-state index is 13.3. The lowest BCUT2D eigenvalue weighted by atomic mass is 9.81. The second-order valence-electron chi connectivity index (χ2n) is 7.86. The monoisotopic (exact) mass is 364 g/mol. The molecule has 0 unspecified atom stereocenters. The van der Waals surface area contributed by atoms with Crippen molar-refractivity contribution in [3.8, 4) is 12.3 Å². The minimum absolute atomic E-state index is 0.0168. The first kappa shape index (κ1) is 15.5. The Morgan fingerprint density at radius 3 is 2.93 bits per heavy atom. The summed E-state index contributed by atoms with van der Waals surface area (Å²) >= 11 is 0. The normalized spacial score (nSPS) is 24.2. The molecule has 0 radical (unpaired) electrons. The summed E-state index contributed by atoms with van der Waals surface area (Å²) in [5.41, 5.74) is 4.72. The number of ketones is 1. The summed E-state index contributed by atoms with van der Waals surface area (Å²) in [6.45, 7) is 0.650. The number of piperidine rings is 1. The summed E-state index contributed by atoms with van der Waals surface area (Å²) < 4.78 is 0. The molecule has 1 saturated carbocycles. The van der Waals surface area contributed by atoms with Crippen molar-refractivity contribution in [2.24, 2.45) is 5.92 Å². The second kappa shape index (κ2) is 5.02. The van der Waals surface area contributed by atoms with Gasteiger partial charge in [-0.25, -0.2) is 0 Å². The molecule has 1 aromatic heterocycles. The van der Waals surface area contributed by atoms with Crippen molar-refractivity contribution in [3.05, 3.63) is 82.7 Å². The van der Waals surface area contributed by atoms with Crippen molar-refractivity contribution in [1.82, 2.24) is 9.88 Å².